The first-order chi connectivity index (χ1) is 15.6. The van der Waals surface area contributed by atoms with Crippen LogP contribution < -0.4 is 19.7 Å². The van der Waals surface area contributed by atoms with Crippen LogP contribution in [0.5, 0.6) is 17.2 Å². The van der Waals surface area contributed by atoms with Gasteiger partial charge < -0.3 is 14.2 Å². The fourth-order valence-electron chi connectivity index (χ4n) is 3.33. The van der Waals surface area contributed by atoms with Crippen LogP contribution in [0.25, 0.3) is 11.3 Å². The number of methoxy groups -OCH3 is 2. The quantitative estimate of drug-likeness (QED) is 0.510. The van der Waals surface area contributed by atoms with Crippen molar-refractivity contribution in [2.24, 2.45) is 0 Å². The fourth-order valence-corrected chi connectivity index (χ4v) is 3.33. The molecule has 4 rings (SSSR count). The zero-order valence-corrected chi connectivity index (χ0v) is 18.3. The number of nitrogens with one attached hydrogen (secondary N) is 1. The van der Waals surface area contributed by atoms with Gasteiger partial charge in [0.1, 0.15) is 28.5 Å². The van der Waals surface area contributed by atoms with E-state index in [2.05, 4.69) is 15.4 Å². The molecular weight excluding hydrogens is 410 g/mol. The zero-order valence-electron chi connectivity index (χ0n) is 18.3. The number of aromatic nitrogens is 2. The van der Waals surface area contributed by atoms with Crippen molar-refractivity contribution < 1.29 is 23.8 Å². The molecule has 1 aliphatic carbocycles. The zero-order chi connectivity index (χ0) is 22.6. The van der Waals surface area contributed by atoms with Crippen LogP contribution in [0.3, 0.4) is 0 Å². The molecule has 0 atom stereocenters. The number of hydrogen-bond donors (Lipinski definition) is 1. The summed E-state index contributed by atoms with van der Waals surface area (Å²) in [6.07, 6.45) is 4.55. The lowest BCUT2D eigenvalue weighted by Gasteiger charge is -2.18. The molecule has 1 amide bonds. The maximum absolute atomic E-state index is 12.7. The largest absolute Gasteiger partial charge is 0.497 e. The van der Waals surface area contributed by atoms with Crippen molar-refractivity contribution in [1.82, 2.24) is 15.4 Å². The molecule has 0 radical (unpaired) electrons. The number of amides is 1. The van der Waals surface area contributed by atoms with Crippen molar-refractivity contribution in [3.63, 3.8) is 0 Å². The molecule has 2 aromatic carbocycles. The van der Waals surface area contributed by atoms with Gasteiger partial charge in [-0.25, -0.2) is 10.5 Å². The lowest BCUT2D eigenvalue weighted by molar-refractivity contribution is -0.0352. The highest BCUT2D eigenvalue weighted by molar-refractivity contribution is 5.91. The average molecular weight is 435 g/mol. The molecule has 1 heterocycles. The van der Waals surface area contributed by atoms with Crippen LogP contribution >= 0.6 is 0 Å². The van der Waals surface area contributed by atoms with Gasteiger partial charge in [0.05, 0.1) is 38.9 Å². The van der Waals surface area contributed by atoms with Crippen LogP contribution in [0.15, 0.2) is 54.9 Å². The monoisotopic (exact) mass is 435 g/mol. The Labute approximate surface area is 186 Å². The minimum atomic E-state index is -0.613. The van der Waals surface area contributed by atoms with E-state index in [-0.39, 0.29) is 5.69 Å². The van der Waals surface area contributed by atoms with Crippen LogP contribution in [-0.2, 0) is 10.4 Å². The van der Waals surface area contributed by atoms with Gasteiger partial charge in [-0.2, -0.15) is 0 Å². The third-order valence-electron chi connectivity index (χ3n) is 5.25. The predicted octanol–water partition coefficient (Wildman–Crippen LogP) is 3.91. The molecule has 0 bridgehead atoms. The molecule has 1 fully saturated rings. The Hall–Kier alpha value is -3.65. The minimum absolute atomic E-state index is 0.162. The molecule has 3 aromatic rings. The second kappa shape index (κ2) is 9.23. The number of rotatable bonds is 9. The lowest BCUT2D eigenvalue weighted by atomic mass is 10.1. The molecule has 0 spiro atoms. The van der Waals surface area contributed by atoms with E-state index in [1.165, 1.54) is 6.20 Å². The minimum Gasteiger partial charge on any atom is -0.497 e. The van der Waals surface area contributed by atoms with Crippen LogP contribution in [0.4, 0.5) is 0 Å². The summed E-state index contributed by atoms with van der Waals surface area (Å²) in [5, 5.41) is 0. The Morgan fingerprint density at radius 2 is 1.69 bits per heavy atom. The highest BCUT2D eigenvalue weighted by Crippen LogP contribution is 2.50. The van der Waals surface area contributed by atoms with Gasteiger partial charge >= 0.3 is 0 Å². The SMILES string of the molecule is CCOc1ccc(-c2cncc(C(=O)NOC3(c4cc(OC)cc(OC)c4)CC3)n2)cc1. The summed E-state index contributed by atoms with van der Waals surface area (Å²) >= 11 is 0. The summed E-state index contributed by atoms with van der Waals surface area (Å²) in [5.41, 5.74) is 4.38. The maximum Gasteiger partial charge on any atom is 0.295 e. The van der Waals surface area contributed by atoms with Gasteiger partial charge in [-0.1, -0.05) is 0 Å². The van der Waals surface area contributed by atoms with E-state index in [0.717, 1.165) is 29.7 Å². The van der Waals surface area contributed by atoms with Gasteiger partial charge in [0.15, 0.2) is 0 Å². The Balaban J connectivity index is 1.46. The fraction of sp³-hybridized carbons (Fsp3) is 0.292. The number of carbonyl (C=O) groups is 1. The molecule has 8 nitrogen and oxygen atoms in total. The smallest absolute Gasteiger partial charge is 0.295 e. The van der Waals surface area contributed by atoms with Crippen molar-refractivity contribution in [2.75, 3.05) is 20.8 Å². The van der Waals surface area contributed by atoms with Gasteiger partial charge in [0, 0.05) is 11.6 Å². The molecular formula is C24H25N3O5. The molecule has 8 heteroatoms. The topological polar surface area (TPSA) is 91.8 Å². The average Bonchev–Trinajstić information content (AvgIpc) is 3.64. The van der Waals surface area contributed by atoms with E-state index in [4.69, 9.17) is 19.0 Å². The summed E-state index contributed by atoms with van der Waals surface area (Å²) in [6, 6.07) is 13.0. The lowest BCUT2D eigenvalue weighted by Crippen LogP contribution is -2.30. The number of nitrogens with zero attached hydrogens (tertiary/aromatic N) is 2. The number of ether oxygens (including phenoxy) is 3. The maximum atomic E-state index is 12.7. The number of carbonyl (C=O) groups excluding carboxylic acids is 1. The van der Waals surface area contributed by atoms with Crippen molar-refractivity contribution in [3.8, 4) is 28.5 Å². The second-order valence-corrected chi connectivity index (χ2v) is 7.38. The summed E-state index contributed by atoms with van der Waals surface area (Å²) in [6.45, 7) is 2.53. The molecule has 32 heavy (non-hydrogen) atoms. The summed E-state index contributed by atoms with van der Waals surface area (Å²) < 4.78 is 16.1. The Bertz CT molecular complexity index is 1070. The van der Waals surface area contributed by atoms with Gasteiger partial charge in [-0.3, -0.25) is 14.6 Å². The Kier molecular flexibility index (Phi) is 6.23. The van der Waals surface area contributed by atoms with Gasteiger partial charge in [0.25, 0.3) is 5.91 Å². The summed E-state index contributed by atoms with van der Waals surface area (Å²) in [7, 11) is 3.19. The van der Waals surface area contributed by atoms with E-state index >= 15 is 0 Å². The molecule has 1 aliphatic rings. The van der Waals surface area contributed by atoms with Crippen LogP contribution in [0.2, 0.25) is 0 Å². The Morgan fingerprint density at radius 3 is 2.28 bits per heavy atom. The number of benzene rings is 2. The highest BCUT2D eigenvalue weighted by Gasteiger charge is 2.48. The molecule has 0 aliphatic heterocycles. The number of hydroxylamine groups is 1. The van der Waals surface area contributed by atoms with E-state index in [1.807, 2.05) is 43.3 Å². The van der Waals surface area contributed by atoms with Crippen molar-refractivity contribution >= 4 is 5.91 Å². The molecule has 0 saturated heterocycles. The van der Waals surface area contributed by atoms with E-state index in [1.54, 1.807) is 26.5 Å². The van der Waals surface area contributed by atoms with Crippen LogP contribution in [0.1, 0.15) is 35.8 Å². The van der Waals surface area contributed by atoms with Gasteiger partial charge in [0.2, 0.25) is 0 Å². The highest BCUT2D eigenvalue weighted by atomic mass is 16.7. The first-order valence-corrected chi connectivity index (χ1v) is 10.3. The van der Waals surface area contributed by atoms with E-state index in [0.29, 0.717) is 23.8 Å². The molecule has 0 unspecified atom stereocenters. The van der Waals surface area contributed by atoms with Crippen LogP contribution in [0, 0.1) is 0 Å². The first-order valence-electron chi connectivity index (χ1n) is 10.3. The number of hydrogen-bond acceptors (Lipinski definition) is 7. The van der Waals surface area contributed by atoms with Gasteiger partial charge in [-0.05, 0) is 61.7 Å². The molecule has 1 saturated carbocycles. The van der Waals surface area contributed by atoms with Gasteiger partial charge in [-0.15, -0.1) is 0 Å². The second-order valence-electron chi connectivity index (χ2n) is 7.38. The Morgan fingerprint density at radius 1 is 1.00 bits per heavy atom. The summed E-state index contributed by atoms with van der Waals surface area (Å²) in [4.78, 5) is 27.1. The summed E-state index contributed by atoms with van der Waals surface area (Å²) in [5.74, 6) is 1.63. The first kappa shape index (κ1) is 21.6. The third kappa shape index (κ3) is 4.65. The van der Waals surface area contributed by atoms with E-state index < -0.39 is 11.5 Å². The van der Waals surface area contributed by atoms with Crippen molar-refractivity contribution in [3.05, 3.63) is 66.1 Å². The van der Waals surface area contributed by atoms with Crippen LogP contribution in [-0.4, -0.2) is 36.7 Å². The van der Waals surface area contributed by atoms with Crippen molar-refractivity contribution in [1.29, 1.82) is 0 Å². The van der Waals surface area contributed by atoms with E-state index in [9.17, 15) is 4.79 Å². The third-order valence-corrected chi connectivity index (χ3v) is 5.25. The normalized spacial score (nSPS) is 13.8. The van der Waals surface area contributed by atoms with Crippen molar-refractivity contribution in [2.45, 2.75) is 25.4 Å². The molecule has 1 N–H and O–H groups in total. The standard InChI is InChI=1S/C24H25N3O5/c1-4-31-18-7-5-16(6-8-18)21-14-25-15-22(26-21)23(28)27-32-24(9-10-24)17-11-19(29-2)13-20(12-17)30-3/h5-8,11-15H,4,9-10H2,1-3H3,(H,27,28). The predicted molar refractivity (Wildman–Crippen MR) is 118 cm³/mol. The molecule has 1 aromatic heterocycles. The molecule has 166 valence electrons.